The van der Waals surface area contributed by atoms with Gasteiger partial charge in [0.25, 0.3) is 0 Å². The number of anilines is 1. The molecule has 2 heterocycles. The summed E-state index contributed by atoms with van der Waals surface area (Å²) in [5.41, 5.74) is -0.0694. The van der Waals surface area contributed by atoms with E-state index >= 15 is 0 Å². The van der Waals surface area contributed by atoms with Gasteiger partial charge in [0, 0.05) is 22.6 Å². The quantitative estimate of drug-likeness (QED) is 0.304. The summed E-state index contributed by atoms with van der Waals surface area (Å²) in [7, 11) is 0. The number of hydrogen-bond acceptors (Lipinski definition) is 8. The van der Waals surface area contributed by atoms with Crippen molar-refractivity contribution in [3.63, 3.8) is 0 Å². The highest BCUT2D eigenvalue weighted by molar-refractivity contribution is 7.99. The topological polar surface area (TPSA) is 125 Å². The first kappa shape index (κ1) is 27.8. The molecule has 2 aliphatic carbocycles. The van der Waals surface area contributed by atoms with Gasteiger partial charge < -0.3 is 30.5 Å². The van der Waals surface area contributed by atoms with Gasteiger partial charge in [0.2, 0.25) is 11.8 Å². The van der Waals surface area contributed by atoms with Gasteiger partial charge in [0.15, 0.2) is 5.13 Å². The summed E-state index contributed by atoms with van der Waals surface area (Å²) < 4.78 is 5.42. The van der Waals surface area contributed by atoms with Crippen molar-refractivity contribution in [1.29, 1.82) is 0 Å². The molecule has 0 bridgehead atoms. The molecule has 1 saturated heterocycles. The van der Waals surface area contributed by atoms with E-state index in [-0.39, 0.29) is 35.7 Å². The molecular formula is C25H41N4O5S2+. The van der Waals surface area contributed by atoms with E-state index in [2.05, 4.69) is 17.6 Å². The van der Waals surface area contributed by atoms with Crippen LogP contribution >= 0.6 is 23.1 Å². The minimum Gasteiger partial charge on any atom is -0.396 e. The second kappa shape index (κ2) is 11.7. The van der Waals surface area contributed by atoms with Crippen LogP contribution in [-0.2, 0) is 20.7 Å². The molecule has 1 aliphatic heterocycles. The normalized spacial score (nSPS) is 32.4. The van der Waals surface area contributed by atoms with Crippen molar-refractivity contribution in [1.82, 2.24) is 10.3 Å². The summed E-state index contributed by atoms with van der Waals surface area (Å²) in [6.45, 7) is 9.01. The number of amides is 2. The monoisotopic (exact) mass is 541 g/mol. The first-order valence-corrected chi connectivity index (χ1v) is 15.2. The lowest BCUT2D eigenvalue weighted by Gasteiger charge is -2.58. The van der Waals surface area contributed by atoms with Gasteiger partial charge in [-0.25, -0.2) is 4.98 Å². The fourth-order valence-corrected chi connectivity index (χ4v) is 7.95. The molecule has 4 rings (SSSR count). The maximum Gasteiger partial charge on any atom is 0.236 e. The number of nitrogens with zero attached hydrogens (tertiary/aromatic N) is 1. The first-order valence-electron chi connectivity index (χ1n) is 13.0. The fraction of sp³-hybridized carbons (Fsp3) is 0.800. The average Bonchev–Trinajstić information content (AvgIpc) is 3.25. The van der Waals surface area contributed by atoms with Crippen molar-refractivity contribution in [2.45, 2.75) is 51.6 Å². The van der Waals surface area contributed by atoms with Gasteiger partial charge in [-0.2, -0.15) is 11.8 Å². The van der Waals surface area contributed by atoms with Crippen molar-refractivity contribution in [3.05, 3.63) is 10.6 Å². The smallest absolute Gasteiger partial charge is 0.236 e. The third-order valence-corrected chi connectivity index (χ3v) is 10.4. The van der Waals surface area contributed by atoms with Gasteiger partial charge in [0.05, 0.1) is 50.5 Å². The minimum atomic E-state index is -0.661. The second-order valence-corrected chi connectivity index (χ2v) is 13.0. The second-order valence-electron chi connectivity index (χ2n) is 11.0. The Morgan fingerprint density at radius 3 is 2.72 bits per heavy atom. The molecule has 9 nitrogen and oxygen atoms in total. The van der Waals surface area contributed by atoms with Crippen LogP contribution in [0.4, 0.5) is 5.13 Å². The summed E-state index contributed by atoms with van der Waals surface area (Å²) >= 11 is 2.92. The highest BCUT2D eigenvalue weighted by Gasteiger charge is 2.59. The summed E-state index contributed by atoms with van der Waals surface area (Å²) in [6.07, 6.45) is 3.61. The molecule has 5 N–H and O–H groups in total. The highest BCUT2D eigenvalue weighted by Crippen LogP contribution is 2.62. The van der Waals surface area contributed by atoms with Crippen molar-refractivity contribution >= 4 is 40.0 Å². The number of thiazole rings is 1. The van der Waals surface area contributed by atoms with Crippen molar-refractivity contribution in [2.75, 3.05) is 63.3 Å². The van der Waals surface area contributed by atoms with Gasteiger partial charge in [0.1, 0.15) is 13.1 Å². The standard InChI is InChI=1S/C25H40N4O5S2/c1-24-5-4-19(31)25(2,15-30)18(24)13-17-22(28-23(36-17)27-21(33)14-35-3)16(24)12-20(32)26-6-7-29-8-10-34-11-9-29/h16,18-19,30-31H,4-15H2,1-3H3,(H,26,32)(H,27,28,33)/p+1/t16-,18+,19-,24+,25+/m1/s1. The van der Waals surface area contributed by atoms with Gasteiger partial charge in [-0.1, -0.05) is 13.8 Å². The Balaban J connectivity index is 1.56. The van der Waals surface area contributed by atoms with Crippen LogP contribution in [0.1, 0.15) is 49.6 Å². The Labute approximate surface area is 221 Å². The Kier molecular flexibility index (Phi) is 8.99. The zero-order chi connectivity index (χ0) is 25.9. The molecule has 0 spiro atoms. The summed E-state index contributed by atoms with van der Waals surface area (Å²) in [6, 6.07) is 0. The Bertz CT molecular complexity index is 940. The number of carbonyl (C=O) groups is 2. The molecule has 1 aromatic heterocycles. The zero-order valence-electron chi connectivity index (χ0n) is 21.6. The van der Waals surface area contributed by atoms with Crippen LogP contribution in [0.3, 0.4) is 0 Å². The van der Waals surface area contributed by atoms with E-state index in [0.29, 0.717) is 36.7 Å². The summed E-state index contributed by atoms with van der Waals surface area (Å²) in [4.78, 5) is 32.8. The third-order valence-electron chi connectivity index (χ3n) is 8.81. The fourth-order valence-electron chi connectivity index (χ4n) is 6.53. The first-order chi connectivity index (χ1) is 17.2. The number of aliphatic hydroxyl groups is 2. The largest absolute Gasteiger partial charge is 0.396 e. The Morgan fingerprint density at radius 2 is 2.03 bits per heavy atom. The zero-order valence-corrected chi connectivity index (χ0v) is 23.2. The maximum atomic E-state index is 13.2. The number of aromatic nitrogens is 1. The van der Waals surface area contributed by atoms with E-state index in [0.717, 1.165) is 49.8 Å². The van der Waals surface area contributed by atoms with Gasteiger partial charge in [-0.3, -0.25) is 9.59 Å². The molecule has 5 atom stereocenters. The average molecular weight is 542 g/mol. The maximum absolute atomic E-state index is 13.2. The van der Waals surface area contributed by atoms with Crippen molar-refractivity contribution < 1.29 is 29.4 Å². The summed E-state index contributed by atoms with van der Waals surface area (Å²) in [5.74, 6) is 0.113. The predicted octanol–water partition coefficient (Wildman–Crippen LogP) is 0.282. The van der Waals surface area contributed by atoms with E-state index in [4.69, 9.17) is 9.72 Å². The molecule has 11 heteroatoms. The van der Waals surface area contributed by atoms with Crippen molar-refractivity contribution in [2.24, 2.45) is 16.7 Å². The van der Waals surface area contributed by atoms with Gasteiger partial charge >= 0.3 is 0 Å². The molecule has 2 amide bonds. The van der Waals surface area contributed by atoms with Gasteiger partial charge in [-0.05, 0) is 36.9 Å². The number of rotatable bonds is 9. The lowest BCUT2D eigenvalue weighted by molar-refractivity contribution is -0.906. The number of fused-ring (bicyclic) bond motifs is 2. The van der Waals surface area contributed by atoms with Crippen LogP contribution in [0, 0.1) is 16.7 Å². The number of thioether (sulfide) groups is 1. The van der Waals surface area contributed by atoms with E-state index in [1.165, 1.54) is 28.0 Å². The molecule has 202 valence electrons. The van der Waals surface area contributed by atoms with E-state index < -0.39 is 11.5 Å². The molecule has 1 aromatic rings. The van der Waals surface area contributed by atoms with E-state index in [9.17, 15) is 19.8 Å². The van der Waals surface area contributed by atoms with Crippen LogP contribution in [0.2, 0.25) is 0 Å². The van der Waals surface area contributed by atoms with Crippen LogP contribution in [0.25, 0.3) is 0 Å². The highest BCUT2D eigenvalue weighted by atomic mass is 32.2. The van der Waals surface area contributed by atoms with Crippen LogP contribution in [0.15, 0.2) is 0 Å². The molecule has 0 unspecified atom stereocenters. The third kappa shape index (κ3) is 5.61. The molecule has 2 fully saturated rings. The van der Waals surface area contributed by atoms with E-state index in [1.807, 2.05) is 13.2 Å². The number of hydrogen-bond donors (Lipinski definition) is 5. The lowest BCUT2D eigenvalue weighted by atomic mass is 9.47. The predicted molar refractivity (Wildman–Crippen MR) is 142 cm³/mol. The Morgan fingerprint density at radius 1 is 1.28 bits per heavy atom. The summed E-state index contributed by atoms with van der Waals surface area (Å²) in [5, 5.41) is 27.9. The molecule has 0 radical (unpaired) electrons. The molecule has 3 aliphatic rings. The van der Waals surface area contributed by atoms with Gasteiger partial charge in [-0.15, -0.1) is 11.3 Å². The lowest BCUT2D eigenvalue weighted by Crippen LogP contribution is -3.14. The van der Waals surface area contributed by atoms with Crippen LogP contribution in [-0.4, -0.2) is 91.1 Å². The Hall–Kier alpha value is -1.24. The molecular weight excluding hydrogens is 500 g/mol. The number of quaternary nitrogens is 1. The van der Waals surface area contributed by atoms with Crippen LogP contribution in [0.5, 0.6) is 0 Å². The molecule has 36 heavy (non-hydrogen) atoms. The SMILES string of the molecule is CSCC(=O)Nc1nc2c(s1)C[C@@H]1[C@](C)(CO)[C@H](O)CC[C@@]1(C)[C@@H]2CC(=O)NCC[NH+]1CCOCC1. The molecule has 1 saturated carbocycles. The number of carbonyl (C=O) groups excluding carboxylic acids is 2. The number of nitrogens with one attached hydrogen (secondary N) is 3. The van der Waals surface area contributed by atoms with Crippen LogP contribution < -0.4 is 15.5 Å². The number of aliphatic hydroxyl groups excluding tert-OH is 2. The van der Waals surface area contributed by atoms with E-state index in [1.54, 1.807) is 0 Å². The number of morpholine rings is 1. The molecule has 0 aromatic carbocycles. The van der Waals surface area contributed by atoms with Crippen molar-refractivity contribution in [3.8, 4) is 0 Å². The number of ether oxygens (including phenoxy) is 1. The minimum absolute atomic E-state index is 0.00160.